The normalized spacial score (nSPS) is 32.6. The van der Waals surface area contributed by atoms with Crippen LogP contribution in [-0.4, -0.2) is 4.33 Å². The molecule has 0 amide bonds. The van der Waals surface area contributed by atoms with E-state index in [1.807, 2.05) is 6.92 Å². The van der Waals surface area contributed by atoms with Crippen molar-refractivity contribution in [1.82, 2.24) is 0 Å². The van der Waals surface area contributed by atoms with Crippen LogP contribution in [0.5, 0.6) is 0 Å². The highest BCUT2D eigenvalue weighted by Crippen LogP contribution is 2.55. The lowest BCUT2D eigenvalue weighted by atomic mass is 10.2. The van der Waals surface area contributed by atoms with E-state index in [0.717, 1.165) is 12.8 Å². The fraction of sp³-hybridized carbons (Fsp3) is 0.833. The van der Waals surface area contributed by atoms with Crippen molar-refractivity contribution < 1.29 is 0 Å². The van der Waals surface area contributed by atoms with Crippen molar-refractivity contribution >= 4 is 23.2 Å². The van der Waals surface area contributed by atoms with Crippen molar-refractivity contribution in [3.8, 4) is 0 Å². The van der Waals surface area contributed by atoms with E-state index in [1.54, 1.807) is 0 Å². The minimum Gasteiger partial charge on any atom is -0.101 e. The zero-order valence-electron chi connectivity index (χ0n) is 4.82. The average Bonchev–Trinajstić information content (AvgIpc) is 2.15. The van der Waals surface area contributed by atoms with E-state index in [9.17, 15) is 0 Å². The molecule has 0 aromatic heterocycles. The average molecular weight is 152 g/mol. The lowest BCUT2D eigenvalue weighted by molar-refractivity contribution is 0.804. The van der Waals surface area contributed by atoms with Gasteiger partial charge in [0.25, 0.3) is 0 Å². The molecule has 0 bridgehead atoms. The van der Waals surface area contributed by atoms with Crippen LogP contribution >= 0.6 is 23.2 Å². The zero-order valence-corrected chi connectivity index (χ0v) is 6.34. The van der Waals surface area contributed by atoms with E-state index in [4.69, 9.17) is 23.2 Å². The maximum Gasteiger partial charge on any atom is 0.121 e. The highest BCUT2D eigenvalue weighted by Gasteiger charge is 2.50. The molecule has 0 aliphatic heterocycles. The summed E-state index contributed by atoms with van der Waals surface area (Å²) < 4.78 is -0.369. The Morgan fingerprint density at radius 1 is 1.75 bits per heavy atom. The summed E-state index contributed by atoms with van der Waals surface area (Å²) in [6, 6.07) is 0. The second-order valence-corrected chi connectivity index (χ2v) is 3.85. The van der Waals surface area contributed by atoms with Gasteiger partial charge >= 0.3 is 0 Å². The van der Waals surface area contributed by atoms with Gasteiger partial charge < -0.3 is 0 Å². The number of rotatable bonds is 2. The monoisotopic (exact) mass is 151 g/mol. The maximum absolute atomic E-state index is 5.73. The predicted molar refractivity (Wildman–Crippen MR) is 37.1 cm³/mol. The largest absolute Gasteiger partial charge is 0.121 e. The van der Waals surface area contributed by atoms with Crippen LogP contribution in [0.25, 0.3) is 0 Å². The molecule has 1 aliphatic carbocycles. The van der Waals surface area contributed by atoms with Gasteiger partial charge in [0.2, 0.25) is 0 Å². The molecule has 1 saturated carbocycles. The Labute approximate surface area is 60.2 Å². The van der Waals surface area contributed by atoms with Gasteiger partial charge in [-0.3, -0.25) is 0 Å². The van der Waals surface area contributed by atoms with Gasteiger partial charge in [-0.1, -0.05) is 6.92 Å². The van der Waals surface area contributed by atoms with Crippen LogP contribution in [0.4, 0.5) is 0 Å². The Hall–Kier alpha value is 0.580. The Morgan fingerprint density at radius 3 is 2.38 bits per heavy atom. The van der Waals surface area contributed by atoms with Crippen LogP contribution in [-0.2, 0) is 0 Å². The van der Waals surface area contributed by atoms with Crippen molar-refractivity contribution in [2.45, 2.75) is 24.1 Å². The number of hydrogen-bond donors (Lipinski definition) is 0. The number of halogens is 2. The third-order valence-electron chi connectivity index (χ3n) is 1.48. The standard InChI is InChI=1S/C6H9Cl2/c1-2-3-5-4-6(5,7)8/h2,5H,3-4H2,1H3. The SMILES string of the molecule is C[CH]CC1CC1(Cl)Cl. The summed E-state index contributed by atoms with van der Waals surface area (Å²) in [5, 5.41) is 0. The van der Waals surface area contributed by atoms with Crippen molar-refractivity contribution in [1.29, 1.82) is 0 Å². The topological polar surface area (TPSA) is 0 Å². The molecule has 0 aromatic carbocycles. The first kappa shape index (κ1) is 6.70. The summed E-state index contributed by atoms with van der Waals surface area (Å²) in [6.07, 6.45) is 4.14. The van der Waals surface area contributed by atoms with Gasteiger partial charge in [0, 0.05) is 0 Å². The molecule has 0 heterocycles. The number of hydrogen-bond acceptors (Lipinski definition) is 0. The van der Waals surface area contributed by atoms with Gasteiger partial charge in [0.05, 0.1) is 0 Å². The molecule has 47 valence electrons. The van der Waals surface area contributed by atoms with Crippen molar-refractivity contribution in [2.75, 3.05) is 0 Å². The van der Waals surface area contributed by atoms with Crippen LogP contribution in [0.3, 0.4) is 0 Å². The zero-order chi connectivity index (χ0) is 6.20. The lowest BCUT2D eigenvalue weighted by Gasteiger charge is -1.93. The Balaban J connectivity index is 2.17. The Kier molecular flexibility index (Phi) is 1.74. The van der Waals surface area contributed by atoms with E-state index in [-0.39, 0.29) is 4.33 Å². The van der Waals surface area contributed by atoms with Crippen LogP contribution < -0.4 is 0 Å². The first-order valence-corrected chi connectivity index (χ1v) is 3.58. The molecule has 1 radical (unpaired) electrons. The van der Waals surface area contributed by atoms with E-state index < -0.39 is 0 Å². The van der Waals surface area contributed by atoms with Gasteiger partial charge in [0.15, 0.2) is 0 Å². The van der Waals surface area contributed by atoms with Crippen LogP contribution in [0.2, 0.25) is 0 Å². The molecule has 1 atom stereocenters. The summed E-state index contributed by atoms with van der Waals surface area (Å²) in [5.41, 5.74) is 0. The second-order valence-electron chi connectivity index (χ2n) is 2.31. The van der Waals surface area contributed by atoms with Crippen LogP contribution in [0, 0.1) is 12.3 Å². The molecule has 0 nitrogen and oxygen atoms in total. The third kappa shape index (κ3) is 1.29. The minimum atomic E-state index is -0.369. The first-order chi connectivity index (χ1) is 3.67. The molecule has 1 fully saturated rings. The van der Waals surface area contributed by atoms with Gasteiger partial charge in [0.1, 0.15) is 4.33 Å². The van der Waals surface area contributed by atoms with E-state index >= 15 is 0 Å². The molecular formula is C6H9Cl2. The smallest absolute Gasteiger partial charge is 0.101 e. The van der Waals surface area contributed by atoms with Crippen LogP contribution in [0.1, 0.15) is 19.8 Å². The van der Waals surface area contributed by atoms with E-state index in [2.05, 4.69) is 6.42 Å². The molecule has 1 rings (SSSR count). The quantitative estimate of drug-likeness (QED) is 0.533. The highest BCUT2D eigenvalue weighted by atomic mass is 35.5. The van der Waals surface area contributed by atoms with E-state index in [0.29, 0.717) is 5.92 Å². The van der Waals surface area contributed by atoms with Crippen molar-refractivity contribution in [3.63, 3.8) is 0 Å². The molecule has 0 saturated heterocycles. The molecule has 0 spiro atoms. The van der Waals surface area contributed by atoms with E-state index in [1.165, 1.54) is 0 Å². The molecule has 0 N–H and O–H groups in total. The molecule has 1 aliphatic rings. The lowest BCUT2D eigenvalue weighted by Crippen LogP contribution is -1.88. The summed E-state index contributed by atoms with van der Waals surface area (Å²) in [5.74, 6) is 0.538. The van der Waals surface area contributed by atoms with Gasteiger partial charge in [-0.15, -0.1) is 23.2 Å². The van der Waals surface area contributed by atoms with Crippen LogP contribution in [0.15, 0.2) is 0 Å². The van der Waals surface area contributed by atoms with Crippen molar-refractivity contribution in [2.24, 2.45) is 5.92 Å². The summed E-state index contributed by atoms with van der Waals surface area (Å²) in [7, 11) is 0. The summed E-state index contributed by atoms with van der Waals surface area (Å²) >= 11 is 11.5. The Bertz CT molecular complexity index is 88.5. The predicted octanol–water partition coefficient (Wildman–Crippen LogP) is 2.79. The molecule has 1 unspecified atom stereocenters. The number of alkyl halides is 2. The third-order valence-corrected chi connectivity index (χ3v) is 2.40. The second kappa shape index (κ2) is 2.07. The first-order valence-electron chi connectivity index (χ1n) is 2.82. The van der Waals surface area contributed by atoms with Gasteiger partial charge in [-0.2, -0.15) is 0 Å². The molecule has 2 heteroatoms. The summed E-state index contributed by atoms with van der Waals surface area (Å²) in [6.45, 7) is 2.03. The highest BCUT2D eigenvalue weighted by molar-refractivity contribution is 6.50. The van der Waals surface area contributed by atoms with Crippen molar-refractivity contribution in [3.05, 3.63) is 6.42 Å². The maximum atomic E-state index is 5.73. The summed E-state index contributed by atoms with van der Waals surface area (Å²) in [4.78, 5) is 0. The minimum absolute atomic E-state index is 0.369. The van der Waals surface area contributed by atoms with Gasteiger partial charge in [-0.05, 0) is 25.2 Å². The fourth-order valence-electron chi connectivity index (χ4n) is 0.810. The molecule has 0 aromatic rings. The fourth-order valence-corrected chi connectivity index (χ4v) is 1.36. The Morgan fingerprint density at radius 2 is 2.25 bits per heavy atom. The molecule has 8 heavy (non-hydrogen) atoms. The molecular weight excluding hydrogens is 143 g/mol. The van der Waals surface area contributed by atoms with Gasteiger partial charge in [-0.25, -0.2) is 0 Å².